The lowest BCUT2D eigenvalue weighted by Gasteiger charge is -2.29. The average molecular weight is 409 g/mol. The van der Waals surface area contributed by atoms with Crippen LogP contribution >= 0.6 is 0 Å². The molecule has 9 heteroatoms. The predicted molar refractivity (Wildman–Crippen MR) is 96.5 cm³/mol. The van der Waals surface area contributed by atoms with Crippen molar-refractivity contribution in [3.8, 4) is 5.88 Å². The molecule has 2 heterocycles. The maximum atomic E-state index is 12.6. The second kappa shape index (κ2) is 8.04. The molecule has 2 aliphatic rings. The van der Waals surface area contributed by atoms with E-state index in [2.05, 4.69) is 15.5 Å². The number of fused-ring (bicyclic) bond motifs is 1. The van der Waals surface area contributed by atoms with E-state index >= 15 is 0 Å². The first kappa shape index (κ1) is 19.7. The predicted octanol–water partition coefficient (Wildman–Crippen LogP) is 4.09. The Morgan fingerprint density at radius 2 is 1.90 bits per heavy atom. The minimum Gasteiger partial charge on any atom is -0.474 e. The fourth-order valence-electron chi connectivity index (χ4n) is 3.93. The number of carbonyl (C=O) groups is 1. The summed E-state index contributed by atoms with van der Waals surface area (Å²) in [6.07, 6.45) is 2.79. The average Bonchev–Trinajstić information content (AvgIpc) is 3.13. The molecule has 6 nitrogen and oxygen atoms in total. The van der Waals surface area contributed by atoms with Gasteiger partial charge in [-0.05, 0) is 51.0 Å². The third-order valence-corrected chi connectivity index (χ3v) is 5.53. The van der Waals surface area contributed by atoms with E-state index in [1.54, 1.807) is 0 Å². The Hall–Kier alpha value is -2.58. The van der Waals surface area contributed by atoms with E-state index in [1.165, 1.54) is 6.07 Å². The highest BCUT2D eigenvalue weighted by molar-refractivity contribution is 5.94. The van der Waals surface area contributed by atoms with Crippen LogP contribution in [0, 0.1) is 0 Å². The summed E-state index contributed by atoms with van der Waals surface area (Å²) < 4.78 is 48.8. The van der Waals surface area contributed by atoms with E-state index in [0.29, 0.717) is 18.5 Å². The molecule has 2 aliphatic carbocycles. The van der Waals surface area contributed by atoms with Gasteiger partial charge in [0, 0.05) is 30.3 Å². The number of aromatic nitrogens is 2. The summed E-state index contributed by atoms with van der Waals surface area (Å²) in [5, 5.41) is 6.98. The van der Waals surface area contributed by atoms with E-state index in [4.69, 9.17) is 9.26 Å². The first-order chi connectivity index (χ1) is 13.9. The quantitative estimate of drug-likeness (QED) is 0.823. The number of rotatable bonds is 4. The van der Waals surface area contributed by atoms with Gasteiger partial charge in [-0.1, -0.05) is 5.16 Å². The number of amides is 1. The van der Waals surface area contributed by atoms with Crippen molar-refractivity contribution in [2.45, 2.75) is 69.7 Å². The molecule has 0 saturated heterocycles. The van der Waals surface area contributed by atoms with Crippen molar-refractivity contribution in [1.29, 1.82) is 0 Å². The zero-order chi connectivity index (χ0) is 20.4. The molecular weight excluding hydrogens is 387 g/mol. The smallest absolute Gasteiger partial charge is 0.417 e. The Bertz CT molecular complexity index is 856. The molecule has 1 fully saturated rings. The molecule has 2 aromatic rings. The maximum Gasteiger partial charge on any atom is 0.417 e. The van der Waals surface area contributed by atoms with Crippen LogP contribution in [0.4, 0.5) is 13.2 Å². The summed E-state index contributed by atoms with van der Waals surface area (Å²) in [5.74, 6) is 0.799. The maximum absolute atomic E-state index is 12.6. The minimum atomic E-state index is -4.41. The van der Waals surface area contributed by atoms with E-state index < -0.39 is 11.7 Å². The van der Waals surface area contributed by atoms with Crippen molar-refractivity contribution in [3.63, 3.8) is 0 Å². The molecule has 1 amide bonds. The Kier molecular flexibility index (Phi) is 5.47. The van der Waals surface area contributed by atoms with Crippen LogP contribution in [0.2, 0.25) is 0 Å². The van der Waals surface area contributed by atoms with Crippen LogP contribution in [0.15, 0.2) is 22.9 Å². The van der Waals surface area contributed by atoms with Gasteiger partial charge in [-0.3, -0.25) is 4.79 Å². The van der Waals surface area contributed by atoms with Crippen LogP contribution < -0.4 is 10.1 Å². The number of halogens is 3. The molecule has 2 aromatic heterocycles. The molecule has 0 unspecified atom stereocenters. The number of hydrogen-bond acceptors (Lipinski definition) is 5. The lowest BCUT2D eigenvalue weighted by Crippen LogP contribution is -2.40. The highest BCUT2D eigenvalue weighted by Crippen LogP contribution is 2.30. The number of hydrogen-bond donors (Lipinski definition) is 1. The Labute approximate surface area is 165 Å². The van der Waals surface area contributed by atoms with E-state index in [1.807, 2.05) is 0 Å². The monoisotopic (exact) mass is 409 g/mol. The number of nitrogens with one attached hydrogen (secondary N) is 1. The van der Waals surface area contributed by atoms with Crippen molar-refractivity contribution in [2.75, 3.05) is 0 Å². The molecule has 0 bridgehead atoms. The largest absolute Gasteiger partial charge is 0.474 e. The second-order valence-corrected chi connectivity index (χ2v) is 7.59. The summed E-state index contributed by atoms with van der Waals surface area (Å²) >= 11 is 0. The number of nitrogens with zero attached hydrogens (tertiary/aromatic N) is 2. The van der Waals surface area contributed by atoms with Crippen molar-refractivity contribution in [3.05, 3.63) is 40.9 Å². The molecule has 29 heavy (non-hydrogen) atoms. The summed E-state index contributed by atoms with van der Waals surface area (Å²) in [5.41, 5.74) is 0.525. The van der Waals surface area contributed by atoms with E-state index in [9.17, 15) is 18.0 Å². The number of pyridine rings is 1. The zero-order valence-electron chi connectivity index (χ0n) is 15.8. The molecular formula is C20H22F3N3O3. The molecule has 0 radical (unpaired) electrons. The molecule has 0 aromatic carbocycles. The van der Waals surface area contributed by atoms with Gasteiger partial charge in [0.25, 0.3) is 5.91 Å². The fraction of sp³-hybridized carbons (Fsp3) is 0.550. The standard InChI is InChI=1S/C20H22F3N3O3/c21-20(22,23)12-5-10-17(24-11-12)28-14-8-6-13(7-9-14)25-19(27)18-15-3-1-2-4-16(15)29-26-18/h5,10-11,13-14H,1-4,6-9H2,(H,25,27). The van der Waals surface area contributed by atoms with Gasteiger partial charge in [-0.2, -0.15) is 13.2 Å². The van der Waals surface area contributed by atoms with Crippen molar-refractivity contribution >= 4 is 5.91 Å². The highest BCUT2D eigenvalue weighted by Gasteiger charge is 2.31. The number of carbonyl (C=O) groups excluding carboxylic acids is 1. The second-order valence-electron chi connectivity index (χ2n) is 7.59. The summed E-state index contributed by atoms with van der Waals surface area (Å²) in [6.45, 7) is 0. The van der Waals surface area contributed by atoms with Crippen LogP contribution in [0.3, 0.4) is 0 Å². The van der Waals surface area contributed by atoms with Crippen LogP contribution in [0.25, 0.3) is 0 Å². The van der Waals surface area contributed by atoms with Gasteiger partial charge in [0.15, 0.2) is 5.69 Å². The Balaban J connectivity index is 1.27. The van der Waals surface area contributed by atoms with E-state index in [0.717, 1.165) is 62.1 Å². The van der Waals surface area contributed by atoms with Gasteiger partial charge in [0.1, 0.15) is 11.9 Å². The van der Waals surface area contributed by atoms with Crippen molar-refractivity contribution in [1.82, 2.24) is 15.5 Å². The van der Waals surface area contributed by atoms with Crippen LogP contribution in [0.5, 0.6) is 5.88 Å². The number of alkyl halides is 3. The first-order valence-electron chi connectivity index (χ1n) is 9.88. The normalized spacial score (nSPS) is 22.0. The SMILES string of the molecule is O=C(NC1CCC(Oc2ccc(C(F)(F)F)cn2)CC1)c1noc2c1CCCC2. The fourth-order valence-corrected chi connectivity index (χ4v) is 3.93. The van der Waals surface area contributed by atoms with Gasteiger partial charge in [-0.25, -0.2) is 4.98 Å². The topological polar surface area (TPSA) is 77.2 Å². The third-order valence-electron chi connectivity index (χ3n) is 5.53. The van der Waals surface area contributed by atoms with Gasteiger partial charge < -0.3 is 14.6 Å². The summed E-state index contributed by atoms with van der Waals surface area (Å²) in [4.78, 5) is 16.3. The minimum absolute atomic E-state index is 0.0128. The van der Waals surface area contributed by atoms with Gasteiger partial charge in [0.2, 0.25) is 5.88 Å². The molecule has 1 saturated carbocycles. The van der Waals surface area contributed by atoms with Gasteiger partial charge >= 0.3 is 6.18 Å². The lowest BCUT2D eigenvalue weighted by molar-refractivity contribution is -0.137. The van der Waals surface area contributed by atoms with Crippen LogP contribution in [0.1, 0.15) is 65.9 Å². The van der Waals surface area contributed by atoms with Gasteiger partial charge in [-0.15, -0.1) is 0 Å². The molecule has 0 aliphatic heterocycles. The highest BCUT2D eigenvalue weighted by atomic mass is 19.4. The molecule has 156 valence electrons. The third kappa shape index (κ3) is 4.54. The van der Waals surface area contributed by atoms with Crippen molar-refractivity contribution in [2.24, 2.45) is 0 Å². The molecule has 1 N–H and O–H groups in total. The first-order valence-corrected chi connectivity index (χ1v) is 9.88. The Morgan fingerprint density at radius 3 is 2.59 bits per heavy atom. The van der Waals surface area contributed by atoms with Gasteiger partial charge in [0.05, 0.1) is 5.56 Å². The van der Waals surface area contributed by atoms with Crippen molar-refractivity contribution < 1.29 is 27.2 Å². The lowest BCUT2D eigenvalue weighted by atomic mass is 9.92. The summed E-state index contributed by atoms with van der Waals surface area (Å²) in [6, 6.07) is 2.22. The zero-order valence-corrected chi connectivity index (χ0v) is 15.8. The number of aryl methyl sites for hydroxylation is 1. The number of ether oxygens (including phenoxy) is 1. The molecule has 0 spiro atoms. The molecule has 4 rings (SSSR count). The van der Waals surface area contributed by atoms with Crippen LogP contribution in [-0.4, -0.2) is 28.2 Å². The van der Waals surface area contributed by atoms with Crippen LogP contribution in [-0.2, 0) is 19.0 Å². The Morgan fingerprint density at radius 1 is 1.14 bits per heavy atom. The summed E-state index contributed by atoms with van der Waals surface area (Å²) in [7, 11) is 0. The molecule has 0 atom stereocenters. The van der Waals surface area contributed by atoms with E-state index in [-0.39, 0.29) is 23.9 Å².